The first kappa shape index (κ1) is 24.3. The molecule has 0 bridgehead atoms. The average molecular weight is 483 g/mol. The van der Waals surface area contributed by atoms with Gasteiger partial charge in [0.15, 0.2) is 12.4 Å². The zero-order chi connectivity index (χ0) is 25.5. The summed E-state index contributed by atoms with van der Waals surface area (Å²) in [6, 6.07) is 26.2. The molecule has 0 atom stereocenters. The molecule has 4 aromatic rings. The number of benzene rings is 3. The van der Waals surface area contributed by atoms with Crippen LogP contribution in [-0.4, -0.2) is 57.9 Å². The Morgan fingerprint density at radius 3 is 2.22 bits per heavy atom. The summed E-state index contributed by atoms with van der Waals surface area (Å²) in [4.78, 5) is 30.5. The van der Waals surface area contributed by atoms with Gasteiger partial charge in [-0.15, -0.1) is 5.10 Å². The van der Waals surface area contributed by atoms with Gasteiger partial charge in [-0.25, -0.2) is 15.1 Å². The molecule has 4 rings (SSSR count). The van der Waals surface area contributed by atoms with Gasteiger partial charge in [0, 0.05) is 19.7 Å². The maximum atomic E-state index is 12.9. The first-order valence-corrected chi connectivity index (χ1v) is 11.3. The van der Waals surface area contributed by atoms with Crippen LogP contribution in [0.15, 0.2) is 90.0 Å². The van der Waals surface area contributed by atoms with E-state index in [1.54, 1.807) is 50.0 Å². The number of hydrogen-bond acceptors (Lipinski definition) is 6. The monoisotopic (exact) mass is 482 g/mol. The molecule has 1 N–H and O–H groups in total. The lowest BCUT2D eigenvalue weighted by Crippen LogP contribution is -2.27. The van der Waals surface area contributed by atoms with Crippen molar-refractivity contribution in [2.75, 3.05) is 20.7 Å². The Morgan fingerprint density at radius 1 is 0.944 bits per heavy atom. The van der Waals surface area contributed by atoms with Crippen molar-refractivity contribution >= 4 is 17.5 Å². The molecule has 0 aliphatic heterocycles. The summed E-state index contributed by atoms with van der Waals surface area (Å²) in [5.41, 5.74) is 5.54. The standard InChI is InChI=1S/C27H26N6O3/c1-19(20-14-16-23(17-15-20)36-18-24(34)32(2)3)29-30-27(35)25-28-26(21-10-6-4-7-11-21)33(31-25)22-12-8-5-9-13-22/h4-17H,18H2,1-3H3,(H,30,35)/b29-19+. The van der Waals surface area contributed by atoms with Crippen LogP contribution in [-0.2, 0) is 4.79 Å². The van der Waals surface area contributed by atoms with Crippen LogP contribution in [0, 0.1) is 0 Å². The van der Waals surface area contributed by atoms with Gasteiger partial charge in [0.2, 0.25) is 5.82 Å². The van der Waals surface area contributed by atoms with Crippen LogP contribution in [0.5, 0.6) is 5.75 Å². The molecule has 1 heterocycles. The predicted molar refractivity (Wildman–Crippen MR) is 137 cm³/mol. The maximum Gasteiger partial charge on any atom is 0.311 e. The van der Waals surface area contributed by atoms with Gasteiger partial charge in [0.05, 0.1) is 11.4 Å². The van der Waals surface area contributed by atoms with Gasteiger partial charge >= 0.3 is 5.91 Å². The summed E-state index contributed by atoms with van der Waals surface area (Å²) in [6.07, 6.45) is 0. The van der Waals surface area contributed by atoms with E-state index in [1.807, 2.05) is 60.7 Å². The average Bonchev–Trinajstić information content (AvgIpc) is 3.37. The Morgan fingerprint density at radius 2 is 1.58 bits per heavy atom. The molecular formula is C27H26N6O3. The Hall–Kier alpha value is -4.79. The van der Waals surface area contributed by atoms with Crippen molar-refractivity contribution in [2.24, 2.45) is 5.10 Å². The van der Waals surface area contributed by atoms with Crippen molar-refractivity contribution in [2.45, 2.75) is 6.92 Å². The number of ether oxygens (including phenoxy) is 1. The molecule has 0 aliphatic carbocycles. The van der Waals surface area contributed by atoms with Crippen molar-refractivity contribution < 1.29 is 14.3 Å². The SMILES string of the molecule is C/C(=N\NC(=O)c1nc(-c2ccccc2)n(-c2ccccc2)n1)c1ccc(OCC(=O)N(C)C)cc1. The van der Waals surface area contributed by atoms with E-state index in [0.29, 0.717) is 17.3 Å². The summed E-state index contributed by atoms with van der Waals surface area (Å²) in [6.45, 7) is 1.74. The molecule has 36 heavy (non-hydrogen) atoms. The summed E-state index contributed by atoms with van der Waals surface area (Å²) in [5, 5.41) is 8.65. The molecular weight excluding hydrogens is 456 g/mol. The minimum atomic E-state index is -0.525. The number of carbonyl (C=O) groups is 2. The largest absolute Gasteiger partial charge is 0.484 e. The summed E-state index contributed by atoms with van der Waals surface area (Å²) >= 11 is 0. The Labute approximate surface area is 209 Å². The zero-order valence-corrected chi connectivity index (χ0v) is 20.3. The van der Waals surface area contributed by atoms with Crippen molar-refractivity contribution in [3.63, 3.8) is 0 Å². The molecule has 0 fully saturated rings. The smallest absolute Gasteiger partial charge is 0.311 e. The third-order valence-electron chi connectivity index (χ3n) is 5.30. The van der Waals surface area contributed by atoms with Crippen LogP contribution < -0.4 is 10.2 Å². The maximum absolute atomic E-state index is 12.9. The Balaban J connectivity index is 1.49. The van der Waals surface area contributed by atoms with E-state index in [1.165, 1.54) is 4.90 Å². The fraction of sp³-hybridized carbons (Fsp3) is 0.148. The zero-order valence-electron chi connectivity index (χ0n) is 20.3. The lowest BCUT2D eigenvalue weighted by Gasteiger charge is -2.11. The number of para-hydroxylation sites is 1. The molecule has 3 aromatic carbocycles. The van der Waals surface area contributed by atoms with E-state index in [0.717, 1.165) is 16.8 Å². The van der Waals surface area contributed by atoms with Crippen molar-refractivity contribution in [1.29, 1.82) is 0 Å². The number of nitrogens with one attached hydrogen (secondary N) is 1. The van der Waals surface area contributed by atoms with E-state index in [-0.39, 0.29) is 18.3 Å². The van der Waals surface area contributed by atoms with E-state index >= 15 is 0 Å². The van der Waals surface area contributed by atoms with Gasteiger partial charge in [0.25, 0.3) is 5.91 Å². The number of aromatic nitrogens is 3. The number of hydrogen-bond donors (Lipinski definition) is 1. The minimum absolute atomic E-state index is 0.00330. The molecule has 0 spiro atoms. The van der Waals surface area contributed by atoms with Crippen molar-refractivity contribution in [1.82, 2.24) is 25.1 Å². The number of likely N-dealkylation sites (N-methyl/N-ethyl adjacent to an activating group) is 1. The minimum Gasteiger partial charge on any atom is -0.484 e. The van der Waals surface area contributed by atoms with Gasteiger partial charge in [-0.05, 0) is 48.9 Å². The number of carbonyl (C=O) groups excluding carboxylic acids is 2. The van der Waals surface area contributed by atoms with E-state index in [2.05, 4.69) is 20.6 Å². The van der Waals surface area contributed by atoms with Crippen LogP contribution in [0.3, 0.4) is 0 Å². The molecule has 0 radical (unpaired) electrons. The van der Waals surface area contributed by atoms with Crippen LogP contribution in [0.2, 0.25) is 0 Å². The number of nitrogens with zero attached hydrogens (tertiary/aromatic N) is 5. The van der Waals surface area contributed by atoms with Crippen LogP contribution in [0.4, 0.5) is 0 Å². The predicted octanol–water partition coefficient (Wildman–Crippen LogP) is 3.56. The normalized spacial score (nSPS) is 11.1. The quantitative estimate of drug-likeness (QED) is 0.306. The van der Waals surface area contributed by atoms with Gasteiger partial charge < -0.3 is 9.64 Å². The highest BCUT2D eigenvalue weighted by Gasteiger charge is 2.18. The molecule has 0 saturated heterocycles. The van der Waals surface area contributed by atoms with Crippen molar-refractivity contribution in [3.8, 4) is 22.8 Å². The second kappa shape index (κ2) is 11.1. The second-order valence-corrected chi connectivity index (χ2v) is 8.11. The van der Waals surface area contributed by atoms with Crippen LogP contribution in [0.25, 0.3) is 17.1 Å². The first-order chi connectivity index (χ1) is 17.4. The highest BCUT2D eigenvalue weighted by Crippen LogP contribution is 2.21. The highest BCUT2D eigenvalue weighted by atomic mass is 16.5. The fourth-order valence-corrected chi connectivity index (χ4v) is 3.25. The topological polar surface area (TPSA) is 102 Å². The summed E-state index contributed by atoms with van der Waals surface area (Å²) in [5.74, 6) is 0.469. The highest BCUT2D eigenvalue weighted by molar-refractivity contribution is 6.00. The molecule has 0 unspecified atom stereocenters. The molecule has 2 amide bonds. The molecule has 0 saturated carbocycles. The number of hydrazone groups is 1. The van der Waals surface area contributed by atoms with Gasteiger partial charge in [0.1, 0.15) is 5.75 Å². The van der Waals surface area contributed by atoms with Gasteiger partial charge in [-0.1, -0.05) is 48.5 Å². The van der Waals surface area contributed by atoms with Gasteiger partial charge in [-0.3, -0.25) is 9.59 Å². The molecule has 9 nitrogen and oxygen atoms in total. The third kappa shape index (κ3) is 5.82. The second-order valence-electron chi connectivity index (χ2n) is 8.11. The van der Waals surface area contributed by atoms with Crippen LogP contribution >= 0.6 is 0 Å². The molecule has 0 aliphatic rings. The lowest BCUT2D eigenvalue weighted by atomic mass is 10.1. The van der Waals surface area contributed by atoms with Gasteiger partial charge in [-0.2, -0.15) is 5.10 Å². The lowest BCUT2D eigenvalue weighted by molar-refractivity contribution is -0.130. The molecule has 1 aromatic heterocycles. The van der Waals surface area contributed by atoms with E-state index in [9.17, 15) is 9.59 Å². The number of rotatable bonds is 8. The first-order valence-electron chi connectivity index (χ1n) is 11.3. The molecule has 9 heteroatoms. The Kier molecular flexibility index (Phi) is 7.50. The van der Waals surface area contributed by atoms with Crippen LogP contribution in [0.1, 0.15) is 23.1 Å². The van der Waals surface area contributed by atoms with Crippen molar-refractivity contribution in [3.05, 3.63) is 96.3 Å². The fourth-order valence-electron chi connectivity index (χ4n) is 3.25. The Bertz CT molecular complexity index is 1310. The third-order valence-corrected chi connectivity index (χ3v) is 5.30. The summed E-state index contributed by atoms with van der Waals surface area (Å²) in [7, 11) is 3.35. The van der Waals surface area contributed by atoms with E-state index in [4.69, 9.17) is 4.74 Å². The number of amides is 2. The molecule has 182 valence electrons. The summed E-state index contributed by atoms with van der Waals surface area (Å²) < 4.78 is 7.13. The van der Waals surface area contributed by atoms with E-state index < -0.39 is 5.91 Å².